The minimum atomic E-state index is 0.455. The van der Waals surface area contributed by atoms with E-state index in [1.807, 2.05) is 0 Å². The maximum absolute atomic E-state index is 4.26. The molecule has 0 aromatic heterocycles. The molecule has 4 atom stereocenters. The molecule has 0 heteroatoms. The van der Waals surface area contributed by atoms with Gasteiger partial charge in [-0.15, -0.1) is 0 Å². The highest BCUT2D eigenvalue weighted by Gasteiger charge is 2.22. The van der Waals surface area contributed by atoms with E-state index in [1.54, 1.807) is 16.7 Å². The fourth-order valence-corrected chi connectivity index (χ4v) is 4.16. The predicted octanol–water partition coefficient (Wildman–Crippen LogP) is 8.92. The van der Waals surface area contributed by atoms with Crippen molar-refractivity contribution in [1.29, 1.82) is 0 Å². The van der Waals surface area contributed by atoms with Crippen molar-refractivity contribution in [3.05, 3.63) is 47.1 Å². The van der Waals surface area contributed by atoms with Crippen molar-refractivity contribution in [2.24, 2.45) is 29.1 Å². The van der Waals surface area contributed by atoms with Crippen LogP contribution in [0.4, 0.5) is 0 Å². The number of hydrogen-bond donors (Lipinski definition) is 0. The molecule has 154 valence electrons. The SMILES string of the molecule is C=C1[C@H](C)CC(=C/C=C/C(C)/C(C)=C(/C)C(C)CCCC(C)(C)C)C[C@H]1C. The fourth-order valence-electron chi connectivity index (χ4n) is 4.16. The minimum absolute atomic E-state index is 0.455. The van der Waals surface area contributed by atoms with E-state index in [1.165, 1.54) is 37.7 Å². The van der Waals surface area contributed by atoms with Gasteiger partial charge in [-0.3, -0.25) is 0 Å². The van der Waals surface area contributed by atoms with E-state index in [9.17, 15) is 0 Å². The molecule has 0 radical (unpaired) electrons. The maximum atomic E-state index is 4.26. The molecule has 0 bridgehead atoms. The van der Waals surface area contributed by atoms with E-state index in [0.29, 0.717) is 29.1 Å². The molecule has 27 heavy (non-hydrogen) atoms. The van der Waals surface area contributed by atoms with Gasteiger partial charge in [0.15, 0.2) is 0 Å². The van der Waals surface area contributed by atoms with Gasteiger partial charge in [0.1, 0.15) is 0 Å². The van der Waals surface area contributed by atoms with Crippen LogP contribution in [0, 0.1) is 29.1 Å². The molecule has 0 spiro atoms. The Morgan fingerprint density at radius 1 is 1.07 bits per heavy atom. The smallest absolute Gasteiger partial charge is 0.00486 e. The maximum Gasteiger partial charge on any atom is -0.00486 e. The van der Waals surface area contributed by atoms with Gasteiger partial charge in [0.05, 0.1) is 0 Å². The molecule has 0 heterocycles. The van der Waals surface area contributed by atoms with Gasteiger partial charge in [-0.2, -0.15) is 0 Å². The predicted molar refractivity (Wildman–Crippen MR) is 124 cm³/mol. The first-order valence-electron chi connectivity index (χ1n) is 11.1. The molecular weight excluding hydrogens is 324 g/mol. The summed E-state index contributed by atoms with van der Waals surface area (Å²) in [7, 11) is 0. The molecule has 0 aromatic carbocycles. The standard InChI is InChI=1S/C27H46/c1-19(13-11-15-26-17-21(3)23(5)22(4)18-26)24(6)25(7)20(2)14-12-16-27(8,9)10/h11,13,15,19-22H,5,12,14,16-18H2,1-4,6-10H3/b13-11+,25-24-/t19?,20?,21-,22-/m1/s1. The Labute approximate surface area is 170 Å². The Kier molecular flexibility index (Phi) is 9.32. The summed E-state index contributed by atoms with van der Waals surface area (Å²) in [6.45, 7) is 25.3. The summed E-state index contributed by atoms with van der Waals surface area (Å²) in [4.78, 5) is 0. The lowest BCUT2D eigenvalue weighted by Gasteiger charge is -2.29. The van der Waals surface area contributed by atoms with Crippen LogP contribution in [0.5, 0.6) is 0 Å². The van der Waals surface area contributed by atoms with Gasteiger partial charge < -0.3 is 0 Å². The summed E-state index contributed by atoms with van der Waals surface area (Å²) < 4.78 is 0. The van der Waals surface area contributed by atoms with Crippen molar-refractivity contribution in [2.45, 2.75) is 94.4 Å². The molecule has 1 saturated carbocycles. The lowest BCUT2D eigenvalue weighted by Crippen LogP contribution is -2.15. The third kappa shape index (κ3) is 8.24. The Morgan fingerprint density at radius 2 is 1.63 bits per heavy atom. The van der Waals surface area contributed by atoms with Gasteiger partial charge in [-0.05, 0) is 68.6 Å². The summed E-state index contributed by atoms with van der Waals surface area (Å²) >= 11 is 0. The van der Waals surface area contributed by atoms with Gasteiger partial charge in [0, 0.05) is 0 Å². The summed E-state index contributed by atoms with van der Waals surface area (Å²) in [5.74, 6) is 2.46. The lowest BCUT2D eigenvalue weighted by molar-refractivity contribution is 0.349. The van der Waals surface area contributed by atoms with Crippen LogP contribution in [-0.4, -0.2) is 0 Å². The Balaban J connectivity index is 2.64. The second-order valence-electron chi connectivity index (χ2n) is 10.5. The normalized spacial score (nSPS) is 24.8. The highest BCUT2D eigenvalue weighted by atomic mass is 14.3. The van der Waals surface area contributed by atoms with E-state index in [2.05, 4.69) is 87.1 Å². The first-order chi connectivity index (χ1) is 12.4. The van der Waals surface area contributed by atoms with Gasteiger partial charge >= 0.3 is 0 Å². The third-order valence-electron chi connectivity index (χ3n) is 6.74. The highest BCUT2D eigenvalue weighted by molar-refractivity contribution is 5.25. The zero-order valence-electron chi connectivity index (χ0n) is 19.8. The molecule has 0 nitrogen and oxygen atoms in total. The Bertz CT molecular complexity index is 560. The highest BCUT2D eigenvalue weighted by Crippen LogP contribution is 2.36. The van der Waals surface area contributed by atoms with Crippen molar-refractivity contribution in [3.63, 3.8) is 0 Å². The molecule has 0 N–H and O–H groups in total. The van der Waals surface area contributed by atoms with Crippen molar-refractivity contribution in [1.82, 2.24) is 0 Å². The number of allylic oxidation sites excluding steroid dienone is 7. The zero-order chi connectivity index (χ0) is 20.8. The van der Waals surface area contributed by atoms with Crippen LogP contribution in [0.15, 0.2) is 47.1 Å². The van der Waals surface area contributed by atoms with Gasteiger partial charge in [-0.1, -0.05) is 102 Å². The Hall–Kier alpha value is -1.04. The van der Waals surface area contributed by atoms with Crippen LogP contribution in [0.25, 0.3) is 0 Å². The van der Waals surface area contributed by atoms with Crippen LogP contribution in [0.3, 0.4) is 0 Å². The minimum Gasteiger partial charge on any atom is -0.0993 e. The molecular formula is C27H46. The second-order valence-corrected chi connectivity index (χ2v) is 10.5. The van der Waals surface area contributed by atoms with Crippen molar-refractivity contribution in [3.8, 4) is 0 Å². The van der Waals surface area contributed by atoms with Crippen LogP contribution >= 0.6 is 0 Å². The van der Waals surface area contributed by atoms with Crippen LogP contribution in [-0.2, 0) is 0 Å². The first-order valence-corrected chi connectivity index (χ1v) is 11.1. The molecule has 0 saturated heterocycles. The van der Waals surface area contributed by atoms with E-state index >= 15 is 0 Å². The molecule has 2 unspecified atom stereocenters. The summed E-state index contributed by atoms with van der Waals surface area (Å²) in [6, 6.07) is 0. The van der Waals surface area contributed by atoms with Gasteiger partial charge in [-0.25, -0.2) is 0 Å². The average molecular weight is 371 g/mol. The Morgan fingerprint density at radius 3 is 2.15 bits per heavy atom. The fraction of sp³-hybridized carbons (Fsp3) is 0.704. The van der Waals surface area contributed by atoms with Gasteiger partial charge in [0.2, 0.25) is 0 Å². The zero-order valence-corrected chi connectivity index (χ0v) is 19.8. The van der Waals surface area contributed by atoms with Crippen LogP contribution < -0.4 is 0 Å². The monoisotopic (exact) mass is 370 g/mol. The summed E-state index contributed by atoms with van der Waals surface area (Å²) in [6.07, 6.45) is 13.4. The number of hydrogen-bond acceptors (Lipinski definition) is 0. The van der Waals surface area contributed by atoms with Gasteiger partial charge in [0.25, 0.3) is 0 Å². The summed E-state index contributed by atoms with van der Waals surface area (Å²) in [5.41, 5.74) is 6.60. The number of rotatable bonds is 7. The lowest BCUT2D eigenvalue weighted by atomic mass is 9.76. The largest absolute Gasteiger partial charge is 0.0993 e. The van der Waals surface area contributed by atoms with E-state index in [-0.39, 0.29) is 0 Å². The molecule has 0 aliphatic heterocycles. The van der Waals surface area contributed by atoms with Crippen molar-refractivity contribution in [2.75, 3.05) is 0 Å². The van der Waals surface area contributed by atoms with Crippen molar-refractivity contribution < 1.29 is 0 Å². The van der Waals surface area contributed by atoms with E-state index < -0.39 is 0 Å². The molecule has 1 rings (SSSR count). The molecule has 0 aromatic rings. The molecule has 1 aliphatic rings. The summed E-state index contributed by atoms with van der Waals surface area (Å²) in [5, 5.41) is 0. The van der Waals surface area contributed by atoms with E-state index in [0.717, 1.165) is 0 Å². The molecule has 1 aliphatic carbocycles. The average Bonchev–Trinajstić information content (AvgIpc) is 2.56. The molecule has 0 amide bonds. The van der Waals surface area contributed by atoms with Crippen molar-refractivity contribution >= 4 is 0 Å². The second kappa shape index (κ2) is 10.5. The van der Waals surface area contributed by atoms with Crippen LogP contribution in [0.1, 0.15) is 94.4 Å². The first kappa shape index (κ1) is 24.0. The van der Waals surface area contributed by atoms with E-state index in [4.69, 9.17) is 0 Å². The third-order valence-corrected chi connectivity index (χ3v) is 6.74. The topological polar surface area (TPSA) is 0 Å². The molecule has 1 fully saturated rings. The van der Waals surface area contributed by atoms with Crippen LogP contribution in [0.2, 0.25) is 0 Å². The quantitative estimate of drug-likeness (QED) is 0.392.